The standard InChI is InChI=1S/C13H16N4OS/c14-11(18)13(15,10-4-2-1-3-5-10)6-9-19-12-16-7-8-17-12/h1-5,7-8H,6,9,15H2,(H2,14,18)(H,16,17). The number of nitrogens with zero attached hydrogens (tertiary/aromatic N) is 1. The first-order valence-corrected chi connectivity index (χ1v) is 6.88. The van der Waals surface area contributed by atoms with Crippen molar-refractivity contribution in [2.45, 2.75) is 17.1 Å². The Bertz CT molecular complexity index is 529. The first-order valence-electron chi connectivity index (χ1n) is 5.89. The number of nitrogens with two attached hydrogens (primary N) is 2. The molecule has 1 amide bonds. The second kappa shape index (κ2) is 5.90. The van der Waals surface area contributed by atoms with Crippen LogP contribution < -0.4 is 11.5 Å². The molecule has 19 heavy (non-hydrogen) atoms. The highest BCUT2D eigenvalue weighted by Gasteiger charge is 2.33. The monoisotopic (exact) mass is 276 g/mol. The van der Waals surface area contributed by atoms with Gasteiger partial charge in [0.2, 0.25) is 5.91 Å². The molecule has 0 aliphatic rings. The van der Waals surface area contributed by atoms with Gasteiger partial charge in [-0.2, -0.15) is 0 Å². The van der Waals surface area contributed by atoms with Gasteiger partial charge in [-0.25, -0.2) is 4.98 Å². The number of rotatable bonds is 6. The third-order valence-electron chi connectivity index (χ3n) is 2.94. The summed E-state index contributed by atoms with van der Waals surface area (Å²) in [5, 5.41) is 0.805. The molecule has 0 aliphatic carbocycles. The number of nitrogens with one attached hydrogen (secondary N) is 1. The van der Waals surface area contributed by atoms with Gasteiger partial charge in [-0.15, -0.1) is 0 Å². The normalized spacial score (nSPS) is 13.9. The van der Waals surface area contributed by atoms with E-state index in [4.69, 9.17) is 11.5 Å². The molecule has 0 saturated carbocycles. The van der Waals surface area contributed by atoms with Crippen LogP contribution in [0.25, 0.3) is 0 Å². The van der Waals surface area contributed by atoms with Crippen LogP contribution in [-0.2, 0) is 10.3 Å². The minimum atomic E-state index is -1.14. The van der Waals surface area contributed by atoms with Crippen LogP contribution in [-0.4, -0.2) is 21.6 Å². The Kier molecular flexibility index (Phi) is 4.24. The van der Waals surface area contributed by atoms with Gasteiger partial charge in [0.25, 0.3) is 0 Å². The van der Waals surface area contributed by atoms with Crippen molar-refractivity contribution in [3.8, 4) is 0 Å². The van der Waals surface area contributed by atoms with E-state index in [1.165, 1.54) is 11.8 Å². The average Bonchev–Trinajstić information content (AvgIpc) is 2.92. The van der Waals surface area contributed by atoms with E-state index >= 15 is 0 Å². The molecule has 0 saturated heterocycles. The predicted octanol–water partition coefficient (Wildman–Crippen LogP) is 1.23. The molecule has 1 heterocycles. The lowest BCUT2D eigenvalue weighted by atomic mass is 9.88. The summed E-state index contributed by atoms with van der Waals surface area (Å²) in [6, 6.07) is 9.21. The lowest BCUT2D eigenvalue weighted by molar-refractivity contribution is -0.123. The number of imidazole rings is 1. The van der Waals surface area contributed by atoms with E-state index in [2.05, 4.69) is 9.97 Å². The number of aromatic amines is 1. The molecule has 6 heteroatoms. The summed E-state index contributed by atoms with van der Waals surface area (Å²) in [6.45, 7) is 0. The van der Waals surface area contributed by atoms with Crippen molar-refractivity contribution in [1.29, 1.82) is 0 Å². The smallest absolute Gasteiger partial charge is 0.242 e. The SMILES string of the molecule is NC(=O)C(N)(CCSc1ncc[nH]1)c1ccccc1. The maximum Gasteiger partial charge on any atom is 0.242 e. The van der Waals surface area contributed by atoms with Gasteiger partial charge in [0.05, 0.1) is 0 Å². The van der Waals surface area contributed by atoms with E-state index in [0.717, 1.165) is 10.7 Å². The topological polar surface area (TPSA) is 97.8 Å². The number of primary amides is 1. The minimum absolute atomic E-state index is 0.456. The third-order valence-corrected chi connectivity index (χ3v) is 3.84. The molecule has 1 unspecified atom stereocenters. The van der Waals surface area contributed by atoms with Crippen molar-refractivity contribution in [1.82, 2.24) is 9.97 Å². The Morgan fingerprint density at radius 3 is 2.68 bits per heavy atom. The number of hydrogen-bond acceptors (Lipinski definition) is 4. The van der Waals surface area contributed by atoms with E-state index in [0.29, 0.717) is 12.2 Å². The van der Waals surface area contributed by atoms with Crippen LogP contribution in [0.1, 0.15) is 12.0 Å². The Morgan fingerprint density at radius 2 is 2.11 bits per heavy atom. The summed E-state index contributed by atoms with van der Waals surface area (Å²) < 4.78 is 0. The van der Waals surface area contributed by atoms with E-state index < -0.39 is 11.4 Å². The van der Waals surface area contributed by atoms with Crippen LogP contribution >= 0.6 is 11.8 Å². The molecule has 2 aromatic rings. The fourth-order valence-electron chi connectivity index (χ4n) is 1.78. The van der Waals surface area contributed by atoms with Crippen molar-refractivity contribution in [3.05, 3.63) is 48.3 Å². The van der Waals surface area contributed by atoms with Gasteiger partial charge in [-0.3, -0.25) is 4.79 Å². The molecule has 0 spiro atoms. The first-order chi connectivity index (χ1) is 9.13. The quantitative estimate of drug-likeness (QED) is 0.691. The number of thioether (sulfide) groups is 1. The number of carbonyl (C=O) groups is 1. The largest absolute Gasteiger partial charge is 0.368 e. The van der Waals surface area contributed by atoms with Gasteiger partial charge in [0, 0.05) is 18.1 Å². The number of hydrogen-bond donors (Lipinski definition) is 3. The van der Waals surface area contributed by atoms with Crippen molar-refractivity contribution >= 4 is 17.7 Å². The van der Waals surface area contributed by atoms with Crippen molar-refractivity contribution < 1.29 is 4.79 Å². The van der Waals surface area contributed by atoms with Gasteiger partial charge >= 0.3 is 0 Å². The van der Waals surface area contributed by atoms with Crippen LogP contribution in [0.2, 0.25) is 0 Å². The zero-order valence-electron chi connectivity index (χ0n) is 10.4. The molecule has 0 radical (unpaired) electrons. The predicted molar refractivity (Wildman–Crippen MR) is 75.4 cm³/mol. The van der Waals surface area contributed by atoms with Gasteiger partial charge in [-0.05, 0) is 12.0 Å². The van der Waals surface area contributed by atoms with E-state index in [-0.39, 0.29) is 0 Å². The molecule has 1 aromatic carbocycles. The fraction of sp³-hybridized carbons (Fsp3) is 0.231. The summed E-state index contributed by atoms with van der Waals surface area (Å²) in [5.74, 6) is 0.140. The highest BCUT2D eigenvalue weighted by atomic mass is 32.2. The number of aromatic nitrogens is 2. The molecule has 2 rings (SSSR count). The maximum absolute atomic E-state index is 11.7. The Morgan fingerprint density at radius 1 is 1.37 bits per heavy atom. The average molecular weight is 276 g/mol. The summed E-state index contributed by atoms with van der Waals surface area (Å²) >= 11 is 1.51. The molecule has 100 valence electrons. The van der Waals surface area contributed by atoms with Crippen LogP contribution in [0.5, 0.6) is 0 Å². The Labute approximate surface area is 115 Å². The van der Waals surface area contributed by atoms with Gasteiger partial charge in [-0.1, -0.05) is 42.1 Å². The van der Waals surface area contributed by atoms with Crippen LogP contribution in [0, 0.1) is 0 Å². The van der Waals surface area contributed by atoms with Crippen LogP contribution in [0.3, 0.4) is 0 Å². The molecule has 0 aliphatic heterocycles. The molecular formula is C13H16N4OS. The molecular weight excluding hydrogens is 260 g/mol. The summed E-state index contributed by atoms with van der Waals surface area (Å²) in [6.07, 6.45) is 3.89. The maximum atomic E-state index is 11.7. The highest BCUT2D eigenvalue weighted by Crippen LogP contribution is 2.25. The molecule has 1 aromatic heterocycles. The lowest BCUT2D eigenvalue weighted by Gasteiger charge is -2.26. The zero-order chi connectivity index (χ0) is 13.7. The Hall–Kier alpha value is -1.79. The van der Waals surface area contributed by atoms with Crippen molar-refractivity contribution in [2.24, 2.45) is 11.5 Å². The number of amides is 1. The van der Waals surface area contributed by atoms with Crippen molar-refractivity contribution in [2.75, 3.05) is 5.75 Å². The Balaban J connectivity index is 2.06. The zero-order valence-corrected chi connectivity index (χ0v) is 11.2. The summed E-state index contributed by atoms with van der Waals surface area (Å²) in [4.78, 5) is 18.8. The molecule has 5 nitrogen and oxygen atoms in total. The van der Waals surface area contributed by atoms with Crippen LogP contribution in [0.4, 0.5) is 0 Å². The van der Waals surface area contributed by atoms with Gasteiger partial charge in [0.15, 0.2) is 5.16 Å². The van der Waals surface area contributed by atoms with Crippen molar-refractivity contribution in [3.63, 3.8) is 0 Å². The summed E-state index contributed by atoms with van der Waals surface area (Å²) in [7, 11) is 0. The number of benzene rings is 1. The molecule has 0 bridgehead atoms. The first kappa shape index (κ1) is 13.6. The highest BCUT2D eigenvalue weighted by molar-refractivity contribution is 7.99. The van der Waals surface area contributed by atoms with E-state index in [9.17, 15) is 4.79 Å². The fourth-order valence-corrected chi connectivity index (χ4v) is 2.69. The number of carbonyl (C=O) groups excluding carboxylic acids is 1. The second-order valence-corrected chi connectivity index (χ2v) is 5.28. The third kappa shape index (κ3) is 3.15. The van der Waals surface area contributed by atoms with E-state index in [1.54, 1.807) is 12.4 Å². The van der Waals surface area contributed by atoms with E-state index in [1.807, 2.05) is 30.3 Å². The number of H-pyrrole nitrogens is 1. The molecule has 5 N–H and O–H groups in total. The molecule has 1 atom stereocenters. The lowest BCUT2D eigenvalue weighted by Crippen LogP contribution is -2.49. The summed E-state index contributed by atoms with van der Waals surface area (Å²) in [5.41, 5.74) is 11.2. The van der Waals surface area contributed by atoms with Gasteiger partial charge in [0.1, 0.15) is 5.54 Å². The molecule has 0 fully saturated rings. The second-order valence-electron chi connectivity index (χ2n) is 4.19. The minimum Gasteiger partial charge on any atom is -0.368 e. The van der Waals surface area contributed by atoms with Gasteiger partial charge < -0.3 is 16.5 Å². The van der Waals surface area contributed by atoms with Crippen LogP contribution in [0.15, 0.2) is 47.9 Å².